The lowest BCUT2D eigenvalue weighted by Crippen LogP contribution is -3.15. The molecule has 2 heteroatoms. The quantitative estimate of drug-likeness (QED) is 0.706. The van der Waals surface area contributed by atoms with Gasteiger partial charge in [-0.3, -0.25) is 0 Å². The summed E-state index contributed by atoms with van der Waals surface area (Å²) in [6.07, 6.45) is 9.12. The normalized spacial score (nSPS) is 51.2. The molecule has 0 aromatic rings. The van der Waals surface area contributed by atoms with E-state index in [1.807, 2.05) is 4.90 Å². The maximum absolute atomic E-state index is 9.64. The Hall–Kier alpha value is -0.0800. The van der Waals surface area contributed by atoms with Crippen molar-refractivity contribution in [1.29, 1.82) is 0 Å². The molecule has 0 bridgehead atoms. The number of fused-ring (bicyclic) bond motifs is 1. The smallest absolute Gasteiger partial charge is 0.0879 e. The van der Waals surface area contributed by atoms with E-state index in [0.29, 0.717) is 0 Å². The van der Waals surface area contributed by atoms with Gasteiger partial charge in [-0.25, -0.2) is 0 Å². The third kappa shape index (κ3) is 2.39. The van der Waals surface area contributed by atoms with Gasteiger partial charge >= 0.3 is 0 Å². The Balaban J connectivity index is 1.62. The molecule has 3 aliphatic rings. The van der Waals surface area contributed by atoms with E-state index in [1.165, 1.54) is 45.2 Å². The van der Waals surface area contributed by atoms with Crippen molar-refractivity contribution in [3.63, 3.8) is 0 Å². The van der Waals surface area contributed by atoms with Gasteiger partial charge in [-0.2, -0.15) is 0 Å². The van der Waals surface area contributed by atoms with Crippen molar-refractivity contribution in [3.05, 3.63) is 0 Å². The molecule has 0 radical (unpaired) electrons. The summed E-state index contributed by atoms with van der Waals surface area (Å²) in [7, 11) is 0. The van der Waals surface area contributed by atoms with Gasteiger partial charge in [-0.15, -0.1) is 0 Å². The molecule has 0 aromatic heterocycles. The average Bonchev–Trinajstić information content (AvgIpc) is 2.76. The summed E-state index contributed by atoms with van der Waals surface area (Å²) in [5, 5.41) is 9.64. The van der Waals surface area contributed by atoms with Crippen LogP contribution in [0.3, 0.4) is 0 Å². The van der Waals surface area contributed by atoms with E-state index in [2.05, 4.69) is 6.92 Å². The lowest BCUT2D eigenvalue weighted by Gasteiger charge is -2.42. The number of rotatable bonds is 1. The fourth-order valence-corrected chi connectivity index (χ4v) is 4.83. The van der Waals surface area contributed by atoms with Gasteiger partial charge in [0.05, 0.1) is 25.2 Å². The summed E-state index contributed by atoms with van der Waals surface area (Å²) < 4.78 is 0. The van der Waals surface area contributed by atoms with Crippen molar-refractivity contribution in [2.24, 2.45) is 17.8 Å². The first-order valence-corrected chi connectivity index (χ1v) is 7.76. The van der Waals surface area contributed by atoms with Crippen LogP contribution in [0.25, 0.3) is 0 Å². The SMILES string of the molecule is CC1CC2CCC[NH+]2CC1C1CCC(O)CC1. The molecule has 4 atom stereocenters. The highest BCUT2D eigenvalue weighted by Gasteiger charge is 2.42. The number of hydrogen-bond acceptors (Lipinski definition) is 1. The highest BCUT2D eigenvalue weighted by molar-refractivity contribution is 4.84. The van der Waals surface area contributed by atoms with Gasteiger partial charge in [0, 0.05) is 25.2 Å². The molecule has 3 rings (SSSR count). The number of piperidine rings is 1. The fraction of sp³-hybridized carbons (Fsp3) is 1.00. The Bertz CT molecular complexity index is 260. The maximum atomic E-state index is 9.64. The molecule has 2 heterocycles. The van der Waals surface area contributed by atoms with Crippen LogP contribution >= 0.6 is 0 Å². The van der Waals surface area contributed by atoms with Crippen LogP contribution in [0.4, 0.5) is 0 Å². The second-order valence-electron chi connectivity index (χ2n) is 6.90. The maximum Gasteiger partial charge on any atom is 0.0879 e. The first-order valence-electron chi connectivity index (χ1n) is 7.76. The molecule has 2 aliphatic heterocycles. The highest BCUT2D eigenvalue weighted by atomic mass is 16.3. The minimum Gasteiger partial charge on any atom is -0.393 e. The summed E-state index contributed by atoms with van der Waals surface area (Å²) in [4.78, 5) is 1.92. The molecule has 2 N–H and O–H groups in total. The molecular weight excluding hydrogens is 210 g/mol. The van der Waals surface area contributed by atoms with Crippen molar-refractivity contribution in [2.45, 2.75) is 64.0 Å². The van der Waals surface area contributed by atoms with Crippen molar-refractivity contribution >= 4 is 0 Å². The van der Waals surface area contributed by atoms with Crippen molar-refractivity contribution in [3.8, 4) is 0 Å². The molecular formula is C15H28NO+. The standard InChI is InChI=1S/C15H27NO/c1-11-9-13-3-2-8-16(13)10-15(11)12-4-6-14(17)7-5-12/h11-15,17H,2-10H2,1H3/p+1. The Morgan fingerprint density at radius 3 is 2.59 bits per heavy atom. The van der Waals surface area contributed by atoms with Crippen LogP contribution in [-0.4, -0.2) is 30.3 Å². The topological polar surface area (TPSA) is 24.7 Å². The number of hydrogen-bond donors (Lipinski definition) is 2. The van der Waals surface area contributed by atoms with Crippen LogP contribution in [0, 0.1) is 17.8 Å². The van der Waals surface area contributed by atoms with E-state index < -0.39 is 0 Å². The first-order chi connectivity index (χ1) is 8.24. The number of aliphatic hydroxyl groups is 1. The summed E-state index contributed by atoms with van der Waals surface area (Å²) >= 11 is 0. The van der Waals surface area contributed by atoms with Gasteiger partial charge in [0.2, 0.25) is 0 Å². The van der Waals surface area contributed by atoms with Crippen LogP contribution < -0.4 is 4.90 Å². The highest BCUT2D eigenvalue weighted by Crippen LogP contribution is 2.37. The molecule has 0 amide bonds. The minimum absolute atomic E-state index is 0.0111. The molecule has 0 aromatic carbocycles. The number of quaternary nitrogens is 1. The zero-order chi connectivity index (χ0) is 11.8. The monoisotopic (exact) mass is 238 g/mol. The molecule has 1 aliphatic carbocycles. The number of nitrogens with one attached hydrogen (secondary N) is 1. The zero-order valence-electron chi connectivity index (χ0n) is 11.2. The lowest BCUT2D eigenvalue weighted by molar-refractivity contribution is -0.923. The number of aliphatic hydroxyl groups excluding tert-OH is 1. The molecule has 0 spiro atoms. The Morgan fingerprint density at radius 2 is 1.82 bits per heavy atom. The van der Waals surface area contributed by atoms with Gasteiger partial charge in [0.1, 0.15) is 0 Å². The molecule has 98 valence electrons. The van der Waals surface area contributed by atoms with Gasteiger partial charge in [-0.05, 0) is 37.5 Å². The zero-order valence-corrected chi connectivity index (χ0v) is 11.2. The molecule has 3 fully saturated rings. The van der Waals surface area contributed by atoms with Crippen LogP contribution in [0.5, 0.6) is 0 Å². The molecule has 2 nitrogen and oxygen atoms in total. The van der Waals surface area contributed by atoms with E-state index in [1.54, 1.807) is 0 Å². The summed E-state index contributed by atoms with van der Waals surface area (Å²) in [5.74, 6) is 2.80. The van der Waals surface area contributed by atoms with Crippen LogP contribution in [0.15, 0.2) is 0 Å². The first kappa shape index (κ1) is 12.0. The van der Waals surface area contributed by atoms with Crippen molar-refractivity contribution in [1.82, 2.24) is 0 Å². The van der Waals surface area contributed by atoms with E-state index in [-0.39, 0.29) is 6.10 Å². The Morgan fingerprint density at radius 1 is 1.06 bits per heavy atom. The van der Waals surface area contributed by atoms with Crippen LogP contribution in [0.1, 0.15) is 51.9 Å². The van der Waals surface area contributed by atoms with Crippen molar-refractivity contribution in [2.75, 3.05) is 13.1 Å². The van der Waals surface area contributed by atoms with Crippen LogP contribution in [-0.2, 0) is 0 Å². The van der Waals surface area contributed by atoms with E-state index in [9.17, 15) is 5.11 Å². The van der Waals surface area contributed by atoms with Crippen molar-refractivity contribution < 1.29 is 10.0 Å². The predicted molar refractivity (Wildman–Crippen MR) is 69.0 cm³/mol. The molecule has 4 unspecified atom stereocenters. The molecule has 17 heavy (non-hydrogen) atoms. The minimum atomic E-state index is 0.0111. The second-order valence-corrected chi connectivity index (χ2v) is 6.90. The van der Waals surface area contributed by atoms with Gasteiger partial charge < -0.3 is 10.0 Å². The molecule has 2 saturated heterocycles. The summed E-state index contributed by atoms with van der Waals surface area (Å²) in [5.41, 5.74) is 0. The fourth-order valence-electron chi connectivity index (χ4n) is 4.83. The second kappa shape index (κ2) is 4.89. The third-order valence-corrected chi connectivity index (χ3v) is 5.86. The Labute approximate surface area is 105 Å². The predicted octanol–water partition coefficient (Wildman–Crippen LogP) is 1.24. The lowest BCUT2D eigenvalue weighted by atomic mass is 9.70. The third-order valence-electron chi connectivity index (χ3n) is 5.86. The van der Waals surface area contributed by atoms with E-state index >= 15 is 0 Å². The van der Waals surface area contributed by atoms with Crippen LogP contribution in [0.2, 0.25) is 0 Å². The largest absolute Gasteiger partial charge is 0.393 e. The summed E-state index contributed by atoms with van der Waals surface area (Å²) in [6.45, 7) is 5.36. The van der Waals surface area contributed by atoms with E-state index in [0.717, 1.165) is 36.6 Å². The van der Waals surface area contributed by atoms with Gasteiger partial charge in [0.25, 0.3) is 0 Å². The Kier molecular flexibility index (Phi) is 3.45. The molecule has 1 saturated carbocycles. The average molecular weight is 238 g/mol. The summed E-state index contributed by atoms with van der Waals surface area (Å²) in [6, 6.07) is 0.996. The van der Waals surface area contributed by atoms with E-state index in [4.69, 9.17) is 0 Å². The van der Waals surface area contributed by atoms with Gasteiger partial charge in [0.15, 0.2) is 0 Å². The van der Waals surface area contributed by atoms with Gasteiger partial charge in [-0.1, -0.05) is 6.92 Å².